The number of nitrogens with one attached hydrogen (secondary N) is 1. The zero-order valence-corrected chi connectivity index (χ0v) is 10.1. The van der Waals surface area contributed by atoms with Gasteiger partial charge >= 0.3 is 5.97 Å². The molecule has 1 aromatic carbocycles. The van der Waals surface area contributed by atoms with Crippen LogP contribution >= 0.6 is 0 Å². The van der Waals surface area contributed by atoms with Crippen LogP contribution in [-0.2, 0) is 9.59 Å². The van der Waals surface area contributed by atoms with Crippen molar-refractivity contribution in [3.63, 3.8) is 0 Å². The van der Waals surface area contributed by atoms with E-state index in [0.29, 0.717) is 5.69 Å². The monoisotopic (exact) mass is 233 g/mol. The largest absolute Gasteiger partial charge is 0.478 e. The van der Waals surface area contributed by atoms with Crippen molar-refractivity contribution in [1.82, 2.24) is 0 Å². The Hall–Kier alpha value is -2.10. The van der Waals surface area contributed by atoms with Gasteiger partial charge in [0.25, 0.3) is 0 Å². The van der Waals surface area contributed by atoms with Crippen molar-refractivity contribution in [3.05, 3.63) is 41.0 Å². The highest BCUT2D eigenvalue weighted by Gasteiger charge is 2.05. The van der Waals surface area contributed by atoms with Gasteiger partial charge in [-0.2, -0.15) is 0 Å². The lowest BCUT2D eigenvalue weighted by molar-refractivity contribution is -0.132. The fourth-order valence-corrected chi connectivity index (χ4v) is 1.38. The van der Waals surface area contributed by atoms with Crippen LogP contribution in [0.1, 0.15) is 18.1 Å². The molecule has 90 valence electrons. The fourth-order valence-electron chi connectivity index (χ4n) is 1.38. The average Bonchev–Trinajstić information content (AvgIpc) is 2.22. The van der Waals surface area contributed by atoms with Gasteiger partial charge in [-0.3, -0.25) is 4.79 Å². The lowest BCUT2D eigenvalue weighted by atomic mass is 10.1. The Kier molecular flexibility index (Phi) is 4.04. The van der Waals surface area contributed by atoms with Crippen molar-refractivity contribution >= 4 is 17.6 Å². The second-order valence-corrected chi connectivity index (χ2v) is 3.94. The summed E-state index contributed by atoms with van der Waals surface area (Å²) >= 11 is 0. The number of carboxylic acids is 1. The average molecular weight is 233 g/mol. The van der Waals surface area contributed by atoms with E-state index < -0.39 is 11.9 Å². The fraction of sp³-hybridized carbons (Fsp3) is 0.231. The molecule has 0 fully saturated rings. The van der Waals surface area contributed by atoms with E-state index in [9.17, 15) is 9.59 Å². The number of anilines is 1. The quantitative estimate of drug-likeness (QED) is 0.787. The number of benzene rings is 1. The van der Waals surface area contributed by atoms with Crippen molar-refractivity contribution in [1.29, 1.82) is 0 Å². The highest BCUT2D eigenvalue weighted by Crippen LogP contribution is 2.16. The molecular formula is C13H15NO3. The van der Waals surface area contributed by atoms with Gasteiger partial charge in [0.05, 0.1) is 0 Å². The molecule has 17 heavy (non-hydrogen) atoms. The summed E-state index contributed by atoms with van der Waals surface area (Å²) in [7, 11) is 0. The van der Waals surface area contributed by atoms with E-state index in [0.717, 1.165) is 17.2 Å². The SMILES string of the molecule is C/C(=C\C(=O)Nc1ccc(C)cc1C)C(=O)O. The zero-order valence-electron chi connectivity index (χ0n) is 10.1. The summed E-state index contributed by atoms with van der Waals surface area (Å²) in [4.78, 5) is 22.1. The number of carboxylic acid groups (broad SMARTS) is 1. The molecule has 4 nitrogen and oxygen atoms in total. The Labute approximate surface area is 100.0 Å². The number of hydrogen-bond acceptors (Lipinski definition) is 2. The van der Waals surface area contributed by atoms with Gasteiger partial charge in [0.15, 0.2) is 0 Å². The molecule has 0 aliphatic carbocycles. The van der Waals surface area contributed by atoms with Crippen molar-refractivity contribution in [2.24, 2.45) is 0 Å². The van der Waals surface area contributed by atoms with Gasteiger partial charge in [0.1, 0.15) is 0 Å². The third kappa shape index (κ3) is 3.75. The molecule has 0 radical (unpaired) electrons. The van der Waals surface area contributed by atoms with Crippen molar-refractivity contribution < 1.29 is 14.7 Å². The van der Waals surface area contributed by atoms with Gasteiger partial charge in [-0.1, -0.05) is 17.7 Å². The molecule has 4 heteroatoms. The van der Waals surface area contributed by atoms with Gasteiger partial charge < -0.3 is 10.4 Å². The summed E-state index contributed by atoms with van der Waals surface area (Å²) in [6, 6.07) is 5.63. The number of aryl methyl sites for hydroxylation is 2. The molecule has 0 heterocycles. The van der Waals surface area contributed by atoms with E-state index >= 15 is 0 Å². The molecule has 0 aromatic heterocycles. The Morgan fingerprint density at radius 3 is 2.47 bits per heavy atom. The first-order valence-corrected chi connectivity index (χ1v) is 5.20. The number of carbonyl (C=O) groups excluding carboxylic acids is 1. The normalized spacial score (nSPS) is 11.1. The van der Waals surface area contributed by atoms with Crippen LogP contribution in [0.25, 0.3) is 0 Å². The number of hydrogen-bond donors (Lipinski definition) is 2. The van der Waals surface area contributed by atoms with E-state index in [4.69, 9.17) is 5.11 Å². The van der Waals surface area contributed by atoms with Crippen LogP contribution in [0.2, 0.25) is 0 Å². The van der Waals surface area contributed by atoms with E-state index in [1.165, 1.54) is 6.92 Å². The van der Waals surface area contributed by atoms with Crippen LogP contribution in [0.5, 0.6) is 0 Å². The molecule has 2 N–H and O–H groups in total. The molecule has 0 aliphatic heterocycles. The number of carbonyl (C=O) groups is 2. The molecule has 1 amide bonds. The summed E-state index contributed by atoms with van der Waals surface area (Å²) in [6.07, 6.45) is 1.07. The van der Waals surface area contributed by atoms with E-state index in [1.54, 1.807) is 6.07 Å². The first-order valence-electron chi connectivity index (χ1n) is 5.20. The first kappa shape index (κ1) is 13.0. The third-order valence-corrected chi connectivity index (χ3v) is 2.32. The Morgan fingerprint density at radius 2 is 1.94 bits per heavy atom. The lowest BCUT2D eigenvalue weighted by Gasteiger charge is -2.07. The maximum absolute atomic E-state index is 11.5. The van der Waals surface area contributed by atoms with Gasteiger partial charge in [-0.25, -0.2) is 4.79 Å². The van der Waals surface area contributed by atoms with Gasteiger partial charge in [0.2, 0.25) is 5.91 Å². The minimum absolute atomic E-state index is 0.00673. The minimum Gasteiger partial charge on any atom is -0.478 e. The summed E-state index contributed by atoms with van der Waals surface area (Å²) in [5.41, 5.74) is 2.75. The molecule has 0 spiro atoms. The molecule has 1 rings (SSSR count). The lowest BCUT2D eigenvalue weighted by Crippen LogP contribution is -2.11. The summed E-state index contributed by atoms with van der Waals surface area (Å²) in [5, 5.41) is 11.3. The Morgan fingerprint density at radius 1 is 1.29 bits per heavy atom. The maximum Gasteiger partial charge on any atom is 0.331 e. The molecule has 0 bridgehead atoms. The van der Waals surface area contributed by atoms with Crippen LogP contribution in [-0.4, -0.2) is 17.0 Å². The predicted molar refractivity (Wildman–Crippen MR) is 65.9 cm³/mol. The highest BCUT2D eigenvalue weighted by molar-refractivity contribution is 6.04. The van der Waals surface area contributed by atoms with Gasteiger partial charge in [0, 0.05) is 17.3 Å². The summed E-state index contributed by atoms with van der Waals surface area (Å²) in [6.45, 7) is 5.23. The van der Waals surface area contributed by atoms with Crippen LogP contribution in [0.15, 0.2) is 29.8 Å². The molecule has 0 saturated carbocycles. The smallest absolute Gasteiger partial charge is 0.331 e. The second kappa shape index (κ2) is 5.30. The van der Waals surface area contributed by atoms with Crippen LogP contribution in [0.3, 0.4) is 0 Å². The van der Waals surface area contributed by atoms with Crippen LogP contribution in [0, 0.1) is 13.8 Å². The van der Waals surface area contributed by atoms with Crippen molar-refractivity contribution in [3.8, 4) is 0 Å². The van der Waals surface area contributed by atoms with Crippen molar-refractivity contribution in [2.75, 3.05) is 5.32 Å². The van der Waals surface area contributed by atoms with Crippen molar-refractivity contribution in [2.45, 2.75) is 20.8 Å². The highest BCUT2D eigenvalue weighted by atomic mass is 16.4. The summed E-state index contributed by atoms with van der Waals surface area (Å²) in [5.74, 6) is -1.53. The third-order valence-electron chi connectivity index (χ3n) is 2.32. The molecule has 0 atom stereocenters. The topological polar surface area (TPSA) is 66.4 Å². The molecule has 0 unspecified atom stereocenters. The predicted octanol–water partition coefficient (Wildman–Crippen LogP) is 2.27. The van der Waals surface area contributed by atoms with E-state index in [2.05, 4.69) is 5.32 Å². The van der Waals surface area contributed by atoms with Gasteiger partial charge in [-0.05, 0) is 32.4 Å². The van der Waals surface area contributed by atoms with Crippen LogP contribution in [0.4, 0.5) is 5.69 Å². The Balaban J connectivity index is 2.82. The molecular weight excluding hydrogens is 218 g/mol. The number of aliphatic carboxylic acids is 1. The molecule has 1 aromatic rings. The molecule has 0 aliphatic rings. The van der Waals surface area contributed by atoms with E-state index in [-0.39, 0.29) is 5.57 Å². The molecule has 0 saturated heterocycles. The minimum atomic E-state index is -1.10. The summed E-state index contributed by atoms with van der Waals surface area (Å²) < 4.78 is 0. The van der Waals surface area contributed by atoms with Crippen LogP contribution < -0.4 is 5.32 Å². The standard InChI is InChI=1S/C13H15NO3/c1-8-4-5-11(9(2)6-8)14-12(15)7-10(3)13(16)17/h4-7H,1-3H3,(H,14,15)(H,16,17)/b10-7+. The zero-order chi connectivity index (χ0) is 13.0. The maximum atomic E-state index is 11.5. The Bertz CT molecular complexity index is 489. The first-order chi connectivity index (χ1) is 7.90. The van der Waals surface area contributed by atoms with E-state index in [1.807, 2.05) is 26.0 Å². The number of rotatable bonds is 3. The second-order valence-electron chi connectivity index (χ2n) is 3.94. The number of amides is 1. The van der Waals surface area contributed by atoms with Gasteiger partial charge in [-0.15, -0.1) is 0 Å².